The molecule has 0 aliphatic rings. The first-order valence-electron chi connectivity index (χ1n) is 6.70. The van der Waals surface area contributed by atoms with Gasteiger partial charge in [-0.3, -0.25) is 0 Å². The first-order chi connectivity index (χ1) is 8.49. The number of rotatable bonds is 6. The van der Waals surface area contributed by atoms with Gasteiger partial charge in [0.1, 0.15) is 5.75 Å². The fraction of sp³-hybridized carbons (Fsp3) is 0.600. The summed E-state index contributed by atoms with van der Waals surface area (Å²) in [5.74, 6) is 1.28. The molecular weight excluding hydrogens is 246 g/mol. The first kappa shape index (κ1) is 15.3. The molecule has 0 amide bonds. The van der Waals surface area contributed by atoms with E-state index in [0.29, 0.717) is 17.5 Å². The van der Waals surface area contributed by atoms with Gasteiger partial charge >= 0.3 is 0 Å². The van der Waals surface area contributed by atoms with E-state index in [1.54, 1.807) is 0 Å². The number of hydrogen-bond donors (Lipinski definition) is 1. The minimum Gasteiger partial charge on any atom is -0.492 e. The molecule has 1 aromatic carbocycles. The van der Waals surface area contributed by atoms with Gasteiger partial charge in [0, 0.05) is 6.04 Å². The molecule has 1 rings (SSSR count). The van der Waals surface area contributed by atoms with Crippen LogP contribution in [0.2, 0.25) is 5.02 Å². The molecule has 0 bridgehead atoms. The van der Waals surface area contributed by atoms with Gasteiger partial charge in [0.15, 0.2) is 0 Å². The maximum atomic E-state index is 6.33. The van der Waals surface area contributed by atoms with Crippen LogP contribution in [0.25, 0.3) is 0 Å². The number of hydrogen-bond acceptors (Lipinski definition) is 2. The molecule has 1 aromatic rings. The van der Waals surface area contributed by atoms with Crippen LogP contribution in [0.3, 0.4) is 0 Å². The maximum absolute atomic E-state index is 6.33. The highest BCUT2D eigenvalue weighted by atomic mass is 35.5. The average molecular weight is 270 g/mol. The SMILES string of the molecule is CCOc1c(Cl)cc(CC(C)N)cc1C(C)CC. The summed E-state index contributed by atoms with van der Waals surface area (Å²) in [5, 5.41) is 0.699. The summed E-state index contributed by atoms with van der Waals surface area (Å²) in [6.07, 6.45) is 1.91. The van der Waals surface area contributed by atoms with E-state index < -0.39 is 0 Å². The zero-order valence-electron chi connectivity index (χ0n) is 11.8. The molecule has 0 spiro atoms. The van der Waals surface area contributed by atoms with Crippen LogP contribution in [0.4, 0.5) is 0 Å². The van der Waals surface area contributed by atoms with Gasteiger partial charge in [0.25, 0.3) is 0 Å². The molecule has 2 N–H and O–H groups in total. The van der Waals surface area contributed by atoms with E-state index in [-0.39, 0.29) is 6.04 Å². The number of ether oxygens (including phenoxy) is 1. The largest absolute Gasteiger partial charge is 0.492 e. The lowest BCUT2D eigenvalue weighted by molar-refractivity contribution is 0.334. The van der Waals surface area contributed by atoms with Crippen LogP contribution < -0.4 is 10.5 Å². The van der Waals surface area contributed by atoms with Crippen molar-refractivity contribution in [1.82, 2.24) is 0 Å². The summed E-state index contributed by atoms with van der Waals surface area (Å²) < 4.78 is 5.69. The van der Waals surface area contributed by atoms with E-state index >= 15 is 0 Å². The van der Waals surface area contributed by atoms with Crippen LogP contribution in [0.5, 0.6) is 5.75 Å². The Balaban J connectivity index is 3.18. The average Bonchev–Trinajstić information content (AvgIpc) is 2.30. The zero-order valence-corrected chi connectivity index (χ0v) is 12.6. The second kappa shape index (κ2) is 7.01. The fourth-order valence-electron chi connectivity index (χ4n) is 2.05. The van der Waals surface area contributed by atoms with Crippen LogP contribution in [-0.4, -0.2) is 12.6 Å². The second-order valence-corrected chi connectivity index (χ2v) is 5.33. The number of benzene rings is 1. The predicted molar refractivity (Wildman–Crippen MR) is 78.7 cm³/mol. The molecule has 0 radical (unpaired) electrons. The Morgan fingerprint density at radius 2 is 1.94 bits per heavy atom. The Morgan fingerprint density at radius 3 is 2.44 bits per heavy atom. The molecule has 2 atom stereocenters. The quantitative estimate of drug-likeness (QED) is 0.842. The van der Waals surface area contributed by atoms with Crippen molar-refractivity contribution < 1.29 is 4.74 Å². The molecule has 3 heteroatoms. The van der Waals surface area contributed by atoms with Crippen LogP contribution >= 0.6 is 11.6 Å². The molecule has 0 aliphatic carbocycles. The number of nitrogens with two attached hydrogens (primary N) is 1. The second-order valence-electron chi connectivity index (χ2n) is 4.92. The summed E-state index contributed by atoms with van der Waals surface area (Å²) in [4.78, 5) is 0. The van der Waals surface area contributed by atoms with Crippen molar-refractivity contribution in [2.24, 2.45) is 5.73 Å². The minimum absolute atomic E-state index is 0.142. The van der Waals surface area contributed by atoms with E-state index in [4.69, 9.17) is 22.1 Å². The van der Waals surface area contributed by atoms with Crippen molar-refractivity contribution in [1.29, 1.82) is 0 Å². The maximum Gasteiger partial charge on any atom is 0.141 e. The van der Waals surface area contributed by atoms with E-state index in [1.165, 1.54) is 11.1 Å². The molecule has 2 nitrogen and oxygen atoms in total. The highest BCUT2D eigenvalue weighted by Crippen LogP contribution is 2.36. The molecule has 2 unspecified atom stereocenters. The molecule has 0 saturated heterocycles. The molecule has 18 heavy (non-hydrogen) atoms. The van der Waals surface area contributed by atoms with Crippen molar-refractivity contribution in [2.75, 3.05) is 6.61 Å². The molecule has 0 aliphatic heterocycles. The third-order valence-corrected chi connectivity index (χ3v) is 3.40. The Morgan fingerprint density at radius 1 is 1.28 bits per heavy atom. The number of halogens is 1. The van der Waals surface area contributed by atoms with E-state index in [2.05, 4.69) is 19.9 Å². The van der Waals surface area contributed by atoms with Crippen LogP contribution in [0.15, 0.2) is 12.1 Å². The van der Waals surface area contributed by atoms with Gasteiger partial charge in [-0.1, -0.05) is 31.5 Å². The van der Waals surface area contributed by atoms with Gasteiger partial charge in [-0.25, -0.2) is 0 Å². The Kier molecular flexibility index (Phi) is 5.97. The predicted octanol–water partition coefficient (Wildman–Crippen LogP) is 4.14. The zero-order chi connectivity index (χ0) is 13.7. The molecule has 102 valence electrons. The summed E-state index contributed by atoms with van der Waals surface area (Å²) in [7, 11) is 0. The highest BCUT2D eigenvalue weighted by Gasteiger charge is 2.15. The van der Waals surface area contributed by atoms with Crippen LogP contribution in [0.1, 0.15) is 51.2 Å². The monoisotopic (exact) mass is 269 g/mol. The fourth-order valence-corrected chi connectivity index (χ4v) is 2.35. The lowest BCUT2D eigenvalue weighted by atomic mass is 9.94. The third kappa shape index (κ3) is 3.89. The normalized spacial score (nSPS) is 14.3. The van der Waals surface area contributed by atoms with E-state index in [9.17, 15) is 0 Å². The van der Waals surface area contributed by atoms with E-state index in [1.807, 2.05) is 19.9 Å². The summed E-state index contributed by atoms with van der Waals surface area (Å²) in [6.45, 7) is 8.99. The van der Waals surface area contributed by atoms with Crippen molar-refractivity contribution in [3.8, 4) is 5.75 Å². The molecule has 0 heterocycles. The Hall–Kier alpha value is -0.730. The lowest BCUT2D eigenvalue weighted by Gasteiger charge is -2.19. The molecule has 0 aromatic heterocycles. The van der Waals surface area contributed by atoms with Gasteiger partial charge in [-0.15, -0.1) is 0 Å². The molecule has 0 fully saturated rings. The topological polar surface area (TPSA) is 35.2 Å². The molecule has 0 saturated carbocycles. The van der Waals surface area contributed by atoms with Crippen molar-refractivity contribution in [3.63, 3.8) is 0 Å². The Labute approximate surface area is 115 Å². The minimum atomic E-state index is 0.142. The van der Waals surface area contributed by atoms with Crippen molar-refractivity contribution in [2.45, 2.75) is 52.5 Å². The van der Waals surface area contributed by atoms with Crippen molar-refractivity contribution >= 4 is 11.6 Å². The van der Waals surface area contributed by atoms with Gasteiger partial charge in [-0.2, -0.15) is 0 Å². The van der Waals surface area contributed by atoms with Gasteiger partial charge in [-0.05, 0) is 49.8 Å². The van der Waals surface area contributed by atoms with Gasteiger partial charge in [0.05, 0.1) is 11.6 Å². The van der Waals surface area contributed by atoms with Gasteiger partial charge in [0.2, 0.25) is 0 Å². The van der Waals surface area contributed by atoms with Crippen LogP contribution in [0, 0.1) is 0 Å². The Bertz CT molecular complexity index is 390. The first-order valence-corrected chi connectivity index (χ1v) is 7.08. The summed E-state index contributed by atoms with van der Waals surface area (Å²) >= 11 is 6.33. The van der Waals surface area contributed by atoms with E-state index in [0.717, 1.165) is 18.6 Å². The molecular formula is C15H24ClNO. The smallest absolute Gasteiger partial charge is 0.141 e. The lowest BCUT2D eigenvalue weighted by Crippen LogP contribution is -2.18. The summed E-state index contributed by atoms with van der Waals surface area (Å²) in [6, 6.07) is 4.31. The third-order valence-electron chi connectivity index (χ3n) is 3.12. The standard InChI is InChI=1S/C15H24ClNO/c1-5-10(3)13-8-12(7-11(4)17)9-14(16)15(13)18-6-2/h8-11H,5-7,17H2,1-4H3. The summed E-state index contributed by atoms with van der Waals surface area (Å²) in [5.41, 5.74) is 8.24. The van der Waals surface area contributed by atoms with Crippen LogP contribution in [-0.2, 0) is 6.42 Å². The highest BCUT2D eigenvalue weighted by molar-refractivity contribution is 6.32. The van der Waals surface area contributed by atoms with Crippen molar-refractivity contribution in [3.05, 3.63) is 28.3 Å². The van der Waals surface area contributed by atoms with Gasteiger partial charge < -0.3 is 10.5 Å².